The number of nitrogens with two attached hydrogens (primary N) is 1. The summed E-state index contributed by atoms with van der Waals surface area (Å²) in [7, 11) is 1.99. The molecule has 0 aliphatic heterocycles. The predicted molar refractivity (Wildman–Crippen MR) is 67.6 cm³/mol. The molecule has 2 aromatic rings. The van der Waals surface area contributed by atoms with Crippen LogP contribution in [0.1, 0.15) is 26.1 Å². The largest absolute Gasteiger partial charge is 0.330 e. The Morgan fingerprint density at radius 2 is 2.19 bits per heavy atom. The van der Waals surface area contributed by atoms with Crippen LogP contribution in [0.4, 0.5) is 0 Å². The molecule has 3 nitrogen and oxygen atoms in total. The Hall–Kier alpha value is -1.06. The van der Waals surface area contributed by atoms with Gasteiger partial charge in [0.1, 0.15) is 5.82 Å². The van der Waals surface area contributed by atoms with Gasteiger partial charge < -0.3 is 10.3 Å². The van der Waals surface area contributed by atoms with Crippen LogP contribution in [0.3, 0.4) is 0 Å². The Bertz CT molecular complexity index is 528. The number of hydrogen-bond donors (Lipinski definition) is 1. The first kappa shape index (κ1) is 11.4. The van der Waals surface area contributed by atoms with Crippen molar-refractivity contribution in [1.82, 2.24) is 9.55 Å². The third-order valence-corrected chi connectivity index (χ3v) is 3.32. The van der Waals surface area contributed by atoms with E-state index in [4.69, 9.17) is 17.3 Å². The first-order chi connectivity index (χ1) is 7.45. The summed E-state index contributed by atoms with van der Waals surface area (Å²) in [5, 5.41) is 0.701. The van der Waals surface area contributed by atoms with Crippen molar-refractivity contribution in [2.45, 2.75) is 25.8 Å². The topological polar surface area (TPSA) is 43.8 Å². The molecule has 2 N–H and O–H groups in total. The molecule has 0 spiro atoms. The molecule has 1 unspecified atom stereocenters. The van der Waals surface area contributed by atoms with Crippen LogP contribution in [0.5, 0.6) is 0 Å². The third-order valence-electron chi connectivity index (χ3n) is 3.09. The monoisotopic (exact) mass is 237 g/mol. The highest BCUT2D eigenvalue weighted by Crippen LogP contribution is 2.26. The van der Waals surface area contributed by atoms with Crippen LogP contribution in [-0.2, 0) is 12.6 Å². The van der Waals surface area contributed by atoms with E-state index in [2.05, 4.69) is 11.9 Å². The van der Waals surface area contributed by atoms with E-state index < -0.39 is 5.54 Å². The van der Waals surface area contributed by atoms with Gasteiger partial charge in [-0.15, -0.1) is 0 Å². The van der Waals surface area contributed by atoms with Gasteiger partial charge in [-0.1, -0.05) is 18.5 Å². The fourth-order valence-electron chi connectivity index (χ4n) is 1.84. The van der Waals surface area contributed by atoms with Gasteiger partial charge in [0, 0.05) is 12.1 Å². The van der Waals surface area contributed by atoms with Crippen LogP contribution >= 0.6 is 11.6 Å². The molecule has 16 heavy (non-hydrogen) atoms. The normalized spacial score (nSPS) is 15.3. The van der Waals surface area contributed by atoms with Crippen LogP contribution in [0, 0.1) is 0 Å². The van der Waals surface area contributed by atoms with E-state index in [1.165, 1.54) is 0 Å². The number of imidazole rings is 1. The van der Waals surface area contributed by atoms with Gasteiger partial charge in [0.05, 0.1) is 16.6 Å². The molecule has 0 saturated heterocycles. The van der Waals surface area contributed by atoms with Gasteiger partial charge in [-0.2, -0.15) is 0 Å². The van der Waals surface area contributed by atoms with Crippen molar-refractivity contribution in [3.8, 4) is 0 Å². The maximum Gasteiger partial charge on any atom is 0.129 e. The van der Waals surface area contributed by atoms with E-state index in [0.717, 1.165) is 23.3 Å². The molecule has 1 aromatic heterocycles. The van der Waals surface area contributed by atoms with E-state index in [9.17, 15) is 0 Å². The number of hydrogen-bond acceptors (Lipinski definition) is 2. The number of benzene rings is 1. The molecule has 4 heteroatoms. The quantitative estimate of drug-likeness (QED) is 0.873. The number of nitrogens with zero attached hydrogens (tertiary/aromatic N) is 2. The van der Waals surface area contributed by atoms with Crippen molar-refractivity contribution in [3.05, 3.63) is 29.0 Å². The summed E-state index contributed by atoms with van der Waals surface area (Å²) in [5.74, 6) is 0.896. The molecule has 2 rings (SSSR count). The summed E-state index contributed by atoms with van der Waals surface area (Å²) in [5.41, 5.74) is 7.78. The van der Waals surface area contributed by atoms with Gasteiger partial charge in [0.25, 0.3) is 0 Å². The molecular formula is C12H16ClN3. The zero-order chi connectivity index (χ0) is 11.9. The Morgan fingerprint density at radius 1 is 1.50 bits per heavy atom. The number of fused-ring (bicyclic) bond motifs is 1. The van der Waals surface area contributed by atoms with Crippen LogP contribution in [0.15, 0.2) is 18.2 Å². The molecule has 0 amide bonds. The number of aryl methyl sites for hydroxylation is 1. The lowest BCUT2D eigenvalue weighted by Crippen LogP contribution is -2.35. The van der Waals surface area contributed by atoms with E-state index in [-0.39, 0.29) is 0 Å². The van der Waals surface area contributed by atoms with Crippen molar-refractivity contribution in [3.63, 3.8) is 0 Å². The van der Waals surface area contributed by atoms with Crippen molar-refractivity contribution in [2.24, 2.45) is 12.8 Å². The number of halogens is 1. The van der Waals surface area contributed by atoms with E-state index in [1.54, 1.807) is 0 Å². The minimum Gasteiger partial charge on any atom is -0.330 e. The van der Waals surface area contributed by atoms with Gasteiger partial charge in [0.2, 0.25) is 0 Å². The van der Waals surface area contributed by atoms with Gasteiger partial charge in [-0.25, -0.2) is 4.98 Å². The van der Waals surface area contributed by atoms with Crippen molar-refractivity contribution in [2.75, 3.05) is 0 Å². The van der Waals surface area contributed by atoms with Gasteiger partial charge >= 0.3 is 0 Å². The average Bonchev–Trinajstić information content (AvgIpc) is 2.56. The maximum absolute atomic E-state index is 6.22. The van der Waals surface area contributed by atoms with Crippen molar-refractivity contribution in [1.29, 1.82) is 0 Å². The summed E-state index contributed by atoms with van der Waals surface area (Å²) in [6.45, 7) is 4.06. The first-order valence-electron chi connectivity index (χ1n) is 5.37. The number of rotatable bonds is 2. The molecule has 0 aliphatic carbocycles. The fraction of sp³-hybridized carbons (Fsp3) is 0.417. The Morgan fingerprint density at radius 3 is 2.81 bits per heavy atom. The molecule has 1 atom stereocenters. The minimum atomic E-state index is -0.403. The average molecular weight is 238 g/mol. The Kier molecular flexibility index (Phi) is 2.68. The molecule has 0 aliphatic rings. The maximum atomic E-state index is 6.22. The molecular weight excluding hydrogens is 222 g/mol. The molecule has 0 radical (unpaired) electrons. The zero-order valence-corrected chi connectivity index (χ0v) is 10.5. The first-order valence-corrected chi connectivity index (χ1v) is 5.75. The highest BCUT2D eigenvalue weighted by atomic mass is 35.5. The lowest BCUT2D eigenvalue weighted by Gasteiger charge is -2.21. The molecule has 0 fully saturated rings. The van der Waals surface area contributed by atoms with E-state index in [0.29, 0.717) is 5.02 Å². The zero-order valence-electron chi connectivity index (χ0n) is 9.79. The molecule has 0 saturated carbocycles. The smallest absolute Gasteiger partial charge is 0.129 e. The summed E-state index contributed by atoms with van der Waals surface area (Å²) >= 11 is 5.95. The Balaban J connectivity index is 2.69. The Labute approximate surface area is 100 Å². The van der Waals surface area contributed by atoms with Crippen LogP contribution in [0.2, 0.25) is 5.02 Å². The van der Waals surface area contributed by atoms with E-state index >= 15 is 0 Å². The summed E-state index contributed by atoms with van der Waals surface area (Å²) in [4.78, 5) is 4.57. The number of aromatic nitrogens is 2. The van der Waals surface area contributed by atoms with Crippen molar-refractivity contribution < 1.29 is 0 Å². The minimum absolute atomic E-state index is 0.403. The summed E-state index contributed by atoms with van der Waals surface area (Å²) in [6.07, 6.45) is 0.845. The van der Waals surface area contributed by atoms with Gasteiger partial charge in [-0.3, -0.25) is 0 Å². The summed E-state index contributed by atoms with van der Waals surface area (Å²) < 4.78 is 2.04. The lowest BCUT2D eigenvalue weighted by molar-refractivity contribution is 0.434. The second-order valence-corrected chi connectivity index (χ2v) is 4.83. The van der Waals surface area contributed by atoms with Crippen molar-refractivity contribution >= 4 is 22.6 Å². The lowest BCUT2D eigenvalue weighted by atomic mass is 10.00. The van der Waals surface area contributed by atoms with Crippen LogP contribution < -0.4 is 5.73 Å². The third kappa shape index (κ3) is 1.70. The summed E-state index contributed by atoms with van der Waals surface area (Å²) in [6, 6.07) is 5.71. The van der Waals surface area contributed by atoms with Crippen LogP contribution in [0.25, 0.3) is 11.0 Å². The fourth-order valence-corrected chi connectivity index (χ4v) is 2.01. The molecule has 1 heterocycles. The second-order valence-electron chi connectivity index (χ2n) is 4.40. The molecule has 1 aromatic carbocycles. The standard InChI is InChI=1S/C12H16ClN3/c1-4-12(2,14)11-15-9-7-8(13)5-6-10(9)16(11)3/h5-7H,4,14H2,1-3H3. The second kappa shape index (κ2) is 3.75. The predicted octanol–water partition coefficient (Wildman–Crippen LogP) is 2.81. The highest BCUT2D eigenvalue weighted by molar-refractivity contribution is 6.31. The van der Waals surface area contributed by atoms with Crippen LogP contribution in [-0.4, -0.2) is 9.55 Å². The van der Waals surface area contributed by atoms with Gasteiger partial charge in [0.15, 0.2) is 0 Å². The van der Waals surface area contributed by atoms with E-state index in [1.807, 2.05) is 36.7 Å². The molecule has 0 bridgehead atoms. The highest BCUT2D eigenvalue weighted by Gasteiger charge is 2.25. The SMILES string of the molecule is CCC(C)(N)c1nc2cc(Cl)ccc2n1C. The van der Waals surface area contributed by atoms with Gasteiger partial charge in [-0.05, 0) is 31.5 Å². The molecule has 86 valence electrons.